The van der Waals surface area contributed by atoms with Gasteiger partial charge in [-0.15, -0.1) is 11.3 Å². The van der Waals surface area contributed by atoms with Crippen molar-refractivity contribution in [2.24, 2.45) is 0 Å². The summed E-state index contributed by atoms with van der Waals surface area (Å²) in [5.41, 5.74) is 0. The summed E-state index contributed by atoms with van der Waals surface area (Å²) in [5, 5.41) is 3.38. The second-order valence-electron chi connectivity index (χ2n) is 5.30. The van der Waals surface area contributed by atoms with E-state index in [1.807, 2.05) is 6.07 Å². The number of rotatable bonds is 7. The minimum Gasteiger partial charge on any atom is -0.376 e. The van der Waals surface area contributed by atoms with Crippen molar-refractivity contribution in [3.05, 3.63) is 17.0 Å². The molecule has 1 aliphatic heterocycles. The minimum atomic E-state index is -3.46. The maximum absolute atomic E-state index is 12.2. The SMILES string of the molecule is O=S(=O)(NCC1COCCO1)c1ccc(CNC2CC2)s1. The molecule has 6 nitrogen and oxygen atoms in total. The van der Waals surface area contributed by atoms with Gasteiger partial charge in [-0.3, -0.25) is 0 Å². The van der Waals surface area contributed by atoms with Crippen molar-refractivity contribution < 1.29 is 17.9 Å². The Kier molecular flexibility index (Phi) is 4.92. The molecule has 2 fully saturated rings. The van der Waals surface area contributed by atoms with Crippen molar-refractivity contribution >= 4 is 21.4 Å². The zero-order valence-electron chi connectivity index (χ0n) is 11.7. The molecular weight excluding hydrogens is 312 g/mol. The fourth-order valence-electron chi connectivity index (χ4n) is 2.06. The van der Waals surface area contributed by atoms with E-state index in [4.69, 9.17) is 9.47 Å². The third-order valence-corrected chi connectivity index (χ3v) is 6.43. The highest BCUT2D eigenvalue weighted by Gasteiger charge is 2.23. The van der Waals surface area contributed by atoms with Gasteiger partial charge in [-0.25, -0.2) is 13.1 Å². The average molecular weight is 332 g/mol. The van der Waals surface area contributed by atoms with Crippen LogP contribution in [0.1, 0.15) is 17.7 Å². The van der Waals surface area contributed by atoms with Gasteiger partial charge in [-0.05, 0) is 25.0 Å². The van der Waals surface area contributed by atoms with E-state index in [0.717, 1.165) is 11.4 Å². The van der Waals surface area contributed by atoms with E-state index in [-0.39, 0.29) is 12.6 Å². The first kappa shape index (κ1) is 15.4. The molecule has 118 valence electrons. The summed E-state index contributed by atoms with van der Waals surface area (Å²) in [4.78, 5) is 1.04. The molecule has 1 atom stereocenters. The lowest BCUT2D eigenvalue weighted by Crippen LogP contribution is -2.39. The largest absolute Gasteiger partial charge is 0.376 e. The first-order valence-corrected chi connectivity index (χ1v) is 9.44. The van der Waals surface area contributed by atoms with Gasteiger partial charge < -0.3 is 14.8 Å². The van der Waals surface area contributed by atoms with Gasteiger partial charge in [0.1, 0.15) is 4.21 Å². The highest BCUT2D eigenvalue weighted by molar-refractivity contribution is 7.91. The number of ether oxygens (including phenoxy) is 2. The van der Waals surface area contributed by atoms with Crippen molar-refractivity contribution in [1.82, 2.24) is 10.0 Å². The van der Waals surface area contributed by atoms with Crippen LogP contribution in [0.2, 0.25) is 0 Å². The zero-order chi connectivity index (χ0) is 14.7. The molecule has 2 N–H and O–H groups in total. The van der Waals surface area contributed by atoms with Gasteiger partial charge in [0.2, 0.25) is 10.0 Å². The van der Waals surface area contributed by atoms with Crippen LogP contribution in [0, 0.1) is 0 Å². The molecule has 8 heteroatoms. The van der Waals surface area contributed by atoms with Gasteiger partial charge in [-0.1, -0.05) is 0 Å². The topological polar surface area (TPSA) is 76.7 Å². The highest BCUT2D eigenvalue weighted by atomic mass is 32.2. The summed E-state index contributed by atoms with van der Waals surface area (Å²) in [6, 6.07) is 4.15. The molecule has 3 rings (SSSR count). The number of hydrogen-bond acceptors (Lipinski definition) is 6. The Balaban J connectivity index is 1.53. The lowest BCUT2D eigenvalue weighted by Gasteiger charge is -2.22. The Labute approximate surface area is 128 Å². The molecule has 21 heavy (non-hydrogen) atoms. The maximum Gasteiger partial charge on any atom is 0.250 e. The van der Waals surface area contributed by atoms with Gasteiger partial charge >= 0.3 is 0 Å². The van der Waals surface area contributed by atoms with Crippen molar-refractivity contribution in [1.29, 1.82) is 0 Å². The van der Waals surface area contributed by atoms with E-state index in [0.29, 0.717) is 30.1 Å². The summed E-state index contributed by atoms with van der Waals surface area (Å²) in [5.74, 6) is 0. The molecule has 2 heterocycles. The number of hydrogen-bond donors (Lipinski definition) is 2. The molecule has 1 aromatic rings. The molecule has 1 aromatic heterocycles. The molecule has 1 saturated carbocycles. The van der Waals surface area contributed by atoms with Gasteiger partial charge in [0.15, 0.2) is 0 Å². The molecule has 0 spiro atoms. The molecule has 0 amide bonds. The fourth-order valence-corrected chi connectivity index (χ4v) is 4.48. The van der Waals surface area contributed by atoms with E-state index in [1.54, 1.807) is 6.07 Å². The Morgan fingerprint density at radius 3 is 2.86 bits per heavy atom. The lowest BCUT2D eigenvalue weighted by molar-refractivity contribution is -0.0846. The third-order valence-electron chi connectivity index (χ3n) is 3.43. The average Bonchev–Trinajstić information content (AvgIpc) is 3.20. The molecule has 0 aromatic carbocycles. The van der Waals surface area contributed by atoms with Crippen LogP contribution in [0.5, 0.6) is 0 Å². The summed E-state index contributed by atoms with van der Waals surface area (Å²) in [6.07, 6.45) is 2.24. The molecule has 0 radical (unpaired) electrons. The maximum atomic E-state index is 12.2. The molecule has 1 aliphatic carbocycles. The van der Waals surface area contributed by atoms with Crippen LogP contribution in [0.25, 0.3) is 0 Å². The Bertz CT molecular complexity index is 562. The first-order valence-electron chi connectivity index (χ1n) is 7.14. The summed E-state index contributed by atoms with van der Waals surface area (Å²) >= 11 is 1.31. The molecule has 1 saturated heterocycles. The zero-order valence-corrected chi connectivity index (χ0v) is 13.3. The predicted molar refractivity (Wildman–Crippen MR) is 79.9 cm³/mol. The van der Waals surface area contributed by atoms with Crippen LogP contribution in [0.3, 0.4) is 0 Å². The van der Waals surface area contributed by atoms with Crippen LogP contribution < -0.4 is 10.0 Å². The van der Waals surface area contributed by atoms with Gasteiger partial charge in [0, 0.05) is 24.0 Å². The van der Waals surface area contributed by atoms with E-state index < -0.39 is 10.0 Å². The minimum absolute atomic E-state index is 0.204. The lowest BCUT2D eigenvalue weighted by atomic mass is 10.3. The predicted octanol–water partition coefficient (Wildman–Crippen LogP) is 0.694. The molecule has 2 aliphatic rings. The first-order chi connectivity index (χ1) is 10.1. The van der Waals surface area contributed by atoms with Gasteiger partial charge in [-0.2, -0.15) is 0 Å². The quantitative estimate of drug-likeness (QED) is 0.768. The van der Waals surface area contributed by atoms with Crippen molar-refractivity contribution in [3.8, 4) is 0 Å². The third kappa shape index (κ3) is 4.48. The van der Waals surface area contributed by atoms with Crippen LogP contribution in [0.15, 0.2) is 16.3 Å². The molecular formula is C13H20N2O4S2. The fraction of sp³-hybridized carbons (Fsp3) is 0.692. The van der Waals surface area contributed by atoms with Crippen LogP contribution in [-0.4, -0.2) is 46.9 Å². The standard InChI is InChI=1S/C13H20N2O4S2/c16-21(17,15-7-11-9-18-5-6-19-11)13-4-3-12(20-13)8-14-10-1-2-10/h3-4,10-11,14-15H,1-2,5-9H2. The van der Waals surface area contributed by atoms with E-state index in [9.17, 15) is 8.42 Å². The van der Waals surface area contributed by atoms with Crippen molar-refractivity contribution in [2.45, 2.75) is 35.7 Å². The Morgan fingerprint density at radius 2 is 2.14 bits per heavy atom. The molecule has 0 bridgehead atoms. The van der Waals surface area contributed by atoms with Gasteiger partial charge in [0.25, 0.3) is 0 Å². The van der Waals surface area contributed by atoms with E-state index in [1.165, 1.54) is 24.2 Å². The van der Waals surface area contributed by atoms with Crippen molar-refractivity contribution in [2.75, 3.05) is 26.4 Å². The second-order valence-corrected chi connectivity index (χ2v) is 8.46. The number of nitrogens with one attached hydrogen (secondary N) is 2. The second kappa shape index (κ2) is 6.72. The Hall–Kier alpha value is -0.510. The Morgan fingerprint density at radius 1 is 1.29 bits per heavy atom. The van der Waals surface area contributed by atoms with Crippen LogP contribution >= 0.6 is 11.3 Å². The summed E-state index contributed by atoms with van der Waals surface area (Å²) in [6.45, 7) is 2.51. The van der Waals surface area contributed by atoms with Crippen LogP contribution in [0.4, 0.5) is 0 Å². The van der Waals surface area contributed by atoms with E-state index in [2.05, 4.69) is 10.0 Å². The smallest absolute Gasteiger partial charge is 0.250 e. The monoisotopic (exact) mass is 332 g/mol. The summed E-state index contributed by atoms with van der Waals surface area (Å²) in [7, 11) is -3.46. The number of thiophene rings is 1. The molecule has 1 unspecified atom stereocenters. The van der Waals surface area contributed by atoms with Gasteiger partial charge in [0.05, 0.1) is 25.9 Å². The van der Waals surface area contributed by atoms with Crippen molar-refractivity contribution in [3.63, 3.8) is 0 Å². The van der Waals surface area contributed by atoms with Crippen LogP contribution in [-0.2, 0) is 26.0 Å². The normalized spacial score (nSPS) is 23.3. The number of sulfonamides is 1. The highest BCUT2D eigenvalue weighted by Crippen LogP contribution is 2.24. The van der Waals surface area contributed by atoms with E-state index >= 15 is 0 Å². The summed E-state index contributed by atoms with van der Waals surface area (Å²) < 4.78 is 38.1.